The van der Waals surface area contributed by atoms with Crippen molar-refractivity contribution in [2.45, 2.75) is 89.4 Å². The van der Waals surface area contributed by atoms with Crippen molar-refractivity contribution in [2.24, 2.45) is 12.5 Å². The first-order valence-electron chi connectivity index (χ1n) is 15.8. The van der Waals surface area contributed by atoms with Gasteiger partial charge in [0.05, 0.1) is 17.1 Å². The van der Waals surface area contributed by atoms with Crippen LogP contribution in [-0.2, 0) is 26.1 Å². The molecule has 2 aromatic rings. The summed E-state index contributed by atoms with van der Waals surface area (Å²) in [6, 6.07) is 5.50. The van der Waals surface area contributed by atoms with Crippen molar-refractivity contribution in [1.29, 1.82) is 0 Å². The summed E-state index contributed by atoms with van der Waals surface area (Å²) >= 11 is 0. The highest BCUT2D eigenvalue weighted by Crippen LogP contribution is 2.50. The minimum Gasteiger partial charge on any atom is -0.444 e. The lowest BCUT2D eigenvalue weighted by Gasteiger charge is -2.58. The molecule has 4 heterocycles. The van der Waals surface area contributed by atoms with Gasteiger partial charge in [-0.05, 0) is 96.0 Å². The number of aromatic nitrogens is 2. The molecule has 234 valence electrons. The van der Waals surface area contributed by atoms with Crippen LogP contribution < -0.4 is 11.0 Å². The minimum atomic E-state index is -0.662. The Morgan fingerprint density at radius 1 is 1.05 bits per heavy atom. The van der Waals surface area contributed by atoms with E-state index in [1.165, 1.54) is 5.56 Å². The number of nitrogens with one attached hydrogen (secondary N) is 1. The molecule has 11 heteroatoms. The van der Waals surface area contributed by atoms with Gasteiger partial charge >= 0.3 is 11.8 Å². The molecule has 3 amide bonds. The number of aryl methyl sites for hydroxylation is 1. The van der Waals surface area contributed by atoms with E-state index in [9.17, 15) is 19.2 Å². The minimum absolute atomic E-state index is 0.207. The highest BCUT2D eigenvalue weighted by molar-refractivity contribution is 6.00. The van der Waals surface area contributed by atoms with Gasteiger partial charge in [-0.25, -0.2) is 9.59 Å². The molecule has 1 unspecified atom stereocenters. The zero-order valence-corrected chi connectivity index (χ0v) is 25.9. The summed E-state index contributed by atoms with van der Waals surface area (Å²) in [4.78, 5) is 53.7. The lowest BCUT2D eigenvalue weighted by molar-refractivity contribution is -0.147. The third-order valence-corrected chi connectivity index (χ3v) is 9.69. The van der Waals surface area contributed by atoms with E-state index >= 15 is 0 Å². The summed E-state index contributed by atoms with van der Waals surface area (Å²) in [5, 5.41) is 2.37. The summed E-state index contributed by atoms with van der Waals surface area (Å²) in [7, 11) is 1.75. The molecule has 3 saturated heterocycles. The number of benzene rings is 1. The molecule has 3 aliphatic heterocycles. The predicted molar refractivity (Wildman–Crippen MR) is 161 cm³/mol. The Hall–Kier alpha value is -3.18. The van der Waals surface area contributed by atoms with Crippen LogP contribution in [0.4, 0.5) is 4.79 Å². The van der Waals surface area contributed by atoms with Gasteiger partial charge in [-0.1, -0.05) is 6.07 Å². The summed E-state index contributed by atoms with van der Waals surface area (Å²) in [6.07, 6.45) is 5.88. The number of ether oxygens (including phenoxy) is 2. The number of imidazole rings is 1. The predicted octanol–water partition coefficient (Wildman–Crippen LogP) is 3.30. The monoisotopic (exact) mass is 595 g/mol. The molecule has 1 spiro atoms. The molecule has 0 bridgehead atoms. The van der Waals surface area contributed by atoms with Crippen molar-refractivity contribution in [3.63, 3.8) is 0 Å². The molecule has 43 heavy (non-hydrogen) atoms. The zero-order valence-electron chi connectivity index (χ0n) is 25.9. The Morgan fingerprint density at radius 3 is 2.44 bits per heavy atom. The van der Waals surface area contributed by atoms with Crippen LogP contribution in [-0.4, -0.2) is 87.9 Å². The first kappa shape index (κ1) is 29.9. The SMILES string of the molecule is Cn1c(=O)n(C2CCC(=O)NC2=O)c2ccc(C3CCN(CCCOC4CC5(C4)CN(C(=O)OC(C)(C)C)C5)CC3)cc21. The average Bonchev–Trinajstić information content (AvgIpc) is 3.15. The third kappa shape index (κ3) is 6.11. The van der Waals surface area contributed by atoms with Crippen molar-refractivity contribution < 1.29 is 23.9 Å². The normalized spacial score (nSPS) is 23.3. The van der Waals surface area contributed by atoms with Gasteiger partial charge in [-0.3, -0.25) is 24.0 Å². The second kappa shape index (κ2) is 11.4. The third-order valence-electron chi connectivity index (χ3n) is 9.69. The topological polar surface area (TPSA) is 115 Å². The van der Waals surface area contributed by atoms with Crippen LogP contribution in [0.25, 0.3) is 11.0 Å². The van der Waals surface area contributed by atoms with Crippen LogP contribution in [0.5, 0.6) is 0 Å². The van der Waals surface area contributed by atoms with E-state index in [2.05, 4.69) is 22.3 Å². The van der Waals surface area contributed by atoms with Gasteiger partial charge in [0.25, 0.3) is 0 Å². The largest absolute Gasteiger partial charge is 0.444 e. The number of imide groups is 1. The highest BCUT2D eigenvalue weighted by atomic mass is 16.6. The Labute approximate surface area is 252 Å². The van der Waals surface area contributed by atoms with Crippen molar-refractivity contribution >= 4 is 28.9 Å². The molecule has 1 aromatic carbocycles. The molecule has 11 nitrogen and oxygen atoms in total. The van der Waals surface area contributed by atoms with E-state index in [-0.39, 0.29) is 29.5 Å². The van der Waals surface area contributed by atoms with Gasteiger partial charge in [0.15, 0.2) is 0 Å². The van der Waals surface area contributed by atoms with Crippen LogP contribution in [0.2, 0.25) is 0 Å². The number of fused-ring (bicyclic) bond motifs is 1. The Kier molecular flexibility index (Phi) is 7.91. The van der Waals surface area contributed by atoms with Gasteiger partial charge in [0, 0.05) is 45.1 Å². The summed E-state index contributed by atoms with van der Waals surface area (Å²) in [6.45, 7) is 11.1. The summed E-state index contributed by atoms with van der Waals surface area (Å²) < 4.78 is 14.8. The van der Waals surface area contributed by atoms with E-state index < -0.39 is 17.6 Å². The van der Waals surface area contributed by atoms with Crippen LogP contribution in [0.1, 0.15) is 83.2 Å². The van der Waals surface area contributed by atoms with Crippen LogP contribution in [0.15, 0.2) is 23.0 Å². The van der Waals surface area contributed by atoms with Crippen molar-refractivity contribution in [2.75, 3.05) is 39.3 Å². The van der Waals surface area contributed by atoms with Crippen LogP contribution in [0.3, 0.4) is 0 Å². The number of piperidine rings is 2. The van der Waals surface area contributed by atoms with Gasteiger partial charge in [-0.15, -0.1) is 0 Å². The number of rotatable bonds is 7. The van der Waals surface area contributed by atoms with Crippen LogP contribution in [0, 0.1) is 5.41 Å². The number of amides is 3. The molecule has 4 aliphatic rings. The fourth-order valence-electron chi connectivity index (χ4n) is 7.39. The summed E-state index contributed by atoms with van der Waals surface area (Å²) in [5.74, 6) is -0.264. The fraction of sp³-hybridized carbons (Fsp3) is 0.688. The molecule has 1 saturated carbocycles. The molecule has 1 aliphatic carbocycles. The smallest absolute Gasteiger partial charge is 0.410 e. The zero-order chi connectivity index (χ0) is 30.5. The Balaban J connectivity index is 0.927. The molecule has 6 rings (SSSR count). The van der Waals surface area contributed by atoms with Crippen molar-refractivity contribution in [1.82, 2.24) is 24.3 Å². The number of carbonyl (C=O) groups excluding carboxylic acids is 3. The Morgan fingerprint density at radius 2 is 1.77 bits per heavy atom. The molecule has 4 fully saturated rings. The van der Waals surface area contributed by atoms with Gasteiger partial charge in [0.2, 0.25) is 11.8 Å². The van der Waals surface area contributed by atoms with Gasteiger partial charge in [0.1, 0.15) is 11.6 Å². The first-order chi connectivity index (χ1) is 20.4. The quantitative estimate of drug-likeness (QED) is 0.386. The molecule has 0 radical (unpaired) electrons. The van der Waals surface area contributed by atoms with E-state index in [0.29, 0.717) is 18.4 Å². The molecule has 1 atom stereocenters. The fourth-order valence-corrected chi connectivity index (χ4v) is 7.39. The average molecular weight is 596 g/mol. The highest BCUT2D eigenvalue weighted by Gasteiger charge is 2.54. The number of hydrogen-bond acceptors (Lipinski definition) is 7. The van der Waals surface area contributed by atoms with Crippen molar-refractivity contribution in [3.05, 3.63) is 34.2 Å². The van der Waals surface area contributed by atoms with E-state index in [1.54, 1.807) is 16.2 Å². The standard InChI is InChI=1S/C32H45N5O6/c1-31(2,3)43-30(41)36-19-32(20-36)17-23(18-32)42-15-5-12-35-13-10-21(11-14-35)22-6-7-24-26(16-22)34(4)29(40)37(24)25-8-9-27(38)33-28(25)39/h6-7,16,21,23,25H,5,8-15,17-20H2,1-4H3,(H,33,38,39). The summed E-state index contributed by atoms with van der Waals surface area (Å²) in [5.41, 5.74) is 2.34. The maximum atomic E-state index is 13.1. The molecule has 1 aromatic heterocycles. The second-order valence-electron chi connectivity index (χ2n) is 14.1. The first-order valence-corrected chi connectivity index (χ1v) is 15.8. The van der Waals surface area contributed by atoms with Crippen LogP contribution >= 0.6 is 0 Å². The lowest BCUT2D eigenvalue weighted by atomic mass is 9.62. The van der Waals surface area contributed by atoms with E-state index in [0.717, 1.165) is 82.5 Å². The maximum Gasteiger partial charge on any atom is 0.410 e. The lowest BCUT2D eigenvalue weighted by Crippen LogP contribution is -2.65. The maximum absolute atomic E-state index is 13.1. The van der Waals surface area contributed by atoms with E-state index in [4.69, 9.17) is 9.47 Å². The second-order valence-corrected chi connectivity index (χ2v) is 14.1. The molecular formula is C32H45N5O6. The van der Waals surface area contributed by atoms with Gasteiger partial charge in [-0.2, -0.15) is 0 Å². The van der Waals surface area contributed by atoms with Crippen molar-refractivity contribution in [3.8, 4) is 0 Å². The number of nitrogens with zero attached hydrogens (tertiary/aromatic N) is 4. The Bertz CT molecular complexity index is 1450. The molecule has 1 N–H and O–H groups in total. The van der Waals surface area contributed by atoms with E-state index in [1.807, 2.05) is 31.7 Å². The van der Waals surface area contributed by atoms with Gasteiger partial charge < -0.3 is 19.3 Å². The number of likely N-dealkylation sites (tertiary alicyclic amines) is 2. The molecular weight excluding hydrogens is 550 g/mol. The number of hydrogen-bond donors (Lipinski definition) is 1. The number of carbonyl (C=O) groups is 3.